The highest BCUT2D eigenvalue weighted by molar-refractivity contribution is 5.82. The average molecular weight is 330 g/mol. The smallest absolute Gasteiger partial charge is 0.237 e. The Morgan fingerprint density at radius 1 is 1.17 bits per heavy atom. The number of rotatable bonds is 7. The minimum atomic E-state index is -0.941. The SMILES string of the molecule is CN(C)[C@H](Cc1ccccc1)C(=O)NC[C@H](O)c1cccc(F)c1. The largest absolute Gasteiger partial charge is 0.387 e. The number of nitrogens with zero attached hydrogens (tertiary/aromatic N) is 1. The molecule has 0 saturated heterocycles. The van der Waals surface area contributed by atoms with Crippen molar-refractivity contribution in [3.63, 3.8) is 0 Å². The molecule has 0 spiro atoms. The molecule has 2 N–H and O–H groups in total. The van der Waals surface area contributed by atoms with Crippen LogP contribution in [0.1, 0.15) is 17.2 Å². The van der Waals surface area contributed by atoms with Crippen LogP contribution >= 0.6 is 0 Å². The standard InChI is InChI=1S/C19H23FN2O2/c1-22(2)17(11-14-7-4-3-5-8-14)19(24)21-13-18(23)15-9-6-10-16(20)12-15/h3-10,12,17-18,23H,11,13H2,1-2H3,(H,21,24)/t17-,18+/m1/s1. The van der Waals surface area contributed by atoms with Gasteiger partial charge in [-0.05, 0) is 43.8 Å². The Morgan fingerprint density at radius 2 is 1.88 bits per heavy atom. The Hall–Kier alpha value is -2.24. The number of aliphatic hydroxyl groups is 1. The highest BCUT2D eigenvalue weighted by Gasteiger charge is 2.22. The highest BCUT2D eigenvalue weighted by Crippen LogP contribution is 2.13. The van der Waals surface area contributed by atoms with E-state index in [2.05, 4.69) is 5.32 Å². The number of carbonyl (C=O) groups is 1. The molecular weight excluding hydrogens is 307 g/mol. The molecule has 128 valence electrons. The van der Waals surface area contributed by atoms with Gasteiger partial charge in [0.05, 0.1) is 12.1 Å². The van der Waals surface area contributed by atoms with Crippen LogP contribution in [0.4, 0.5) is 4.39 Å². The number of carbonyl (C=O) groups excluding carboxylic acids is 1. The van der Waals surface area contributed by atoms with E-state index in [-0.39, 0.29) is 18.5 Å². The third-order valence-electron chi connectivity index (χ3n) is 3.90. The van der Waals surface area contributed by atoms with Gasteiger partial charge in [0, 0.05) is 6.54 Å². The minimum Gasteiger partial charge on any atom is -0.387 e. The highest BCUT2D eigenvalue weighted by atomic mass is 19.1. The van der Waals surface area contributed by atoms with Gasteiger partial charge in [-0.2, -0.15) is 0 Å². The zero-order chi connectivity index (χ0) is 17.5. The summed E-state index contributed by atoms with van der Waals surface area (Å²) in [4.78, 5) is 14.3. The van der Waals surface area contributed by atoms with Gasteiger partial charge in [0.1, 0.15) is 5.82 Å². The second-order valence-corrected chi connectivity index (χ2v) is 5.99. The molecule has 0 aromatic heterocycles. The normalized spacial score (nSPS) is 13.5. The van der Waals surface area contributed by atoms with Gasteiger partial charge in [0.15, 0.2) is 0 Å². The summed E-state index contributed by atoms with van der Waals surface area (Å²) in [6, 6.07) is 15.2. The van der Waals surface area contributed by atoms with Crippen molar-refractivity contribution in [3.8, 4) is 0 Å². The first kappa shape index (κ1) is 18.1. The maximum absolute atomic E-state index is 13.2. The van der Waals surface area contributed by atoms with Gasteiger partial charge < -0.3 is 10.4 Å². The molecule has 0 aliphatic carbocycles. The van der Waals surface area contributed by atoms with Crippen molar-refractivity contribution in [2.24, 2.45) is 0 Å². The monoisotopic (exact) mass is 330 g/mol. The Bertz CT molecular complexity index is 661. The second kappa shape index (κ2) is 8.57. The van der Waals surface area contributed by atoms with Crippen molar-refractivity contribution in [1.29, 1.82) is 0 Å². The van der Waals surface area contributed by atoms with E-state index >= 15 is 0 Å². The van der Waals surface area contributed by atoms with Crippen molar-refractivity contribution in [1.82, 2.24) is 10.2 Å². The molecule has 5 heteroatoms. The number of amides is 1. The van der Waals surface area contributed by atoms with E-state index in [0.29, 0.717) is 12.0 Å². The van der Waals surface area contributed by atoms with Gasteiger partial charge in [-0.25, -0.2) is 4.39 Å². The number of likely N-dealkylation sites (N-methyl/N-ethyl adjacent to an activating group) is 1. The maximum Gasteiger partial charge on any atom is 0.237 e. The fourth-order valence-electron chi connectivity index (χ4n) is 2.49. The van der Waals surface area contributed by atoms with Gasteiger partial charge in [0.25, 0.3) is 0 Å². The molecule has 0 heterocycles. The molecule has 0 aliphatic rings. The first-order valence-electron chi connectivity index (χ1n) is 7.89. The molecule has 0 aliphatic heterocycles. The van der Waals surface area contributed by atoms with Crippen molar-refractivity contribution < 1.29 is 14.3 Å². The van der Waals surface area contributed by atoms with Crippen LogP contribution in [0, 0.1) is 5.82 Å². The first-order valence-corrected chi connectivity index (χ1v) is 7.89. The Kier molecular flexibility index (Phi) is 6.46. The predicted molar refractivity (Wildman–Crippen MR) is 92.0 cm³/mol. The lowest BCUT2D eigenvalue weighted by molar-refractivity contribution is -0.126. The van der Waals surface area contributed by atoms with Gasteiger partial charge in [-0.15, -0.1) is 0 Å². The number of halogens is 1. The zero-order valence-electron chi connectivity index (χ0n) is 13.9. The van der Waals surface area contributed by atoms with Crippen LogP contribution in [-0.2, 0) is 11.2 Å². The summed E-state index contributed by atoms with van der Waals surface area (Å²) in [7, 11) is 3.69. The Labute approximate surface area is 141 Å². The van der Waals surface area contributed by atoms with E-state index in [9.17, 15) is 14.3 Å². The Balaban J connectivity index is 1.95. The van der Waals surface area contributed by atoms with Gasteiger partial charge in [0.2, 0.25) is 5.91 Å². The van der Waals surface area contributed by atoms with Crippen LogP contribution in [-0.4, -0.2) is 42.6 Å². The summed E-state index contributed by atoms with van der Waals surface area (Å²) in [5.41, 5.74) is 1.51. The van der Waals surface area contributed by atoms with Crippen LogP contribution in [0.3, 0.4) is 0 Å². The van der Waals surface area contributed by atoms with E-state index < -0.39 is 11.9 Å². The maximum atomic E-state index is 13.2. The van der Waals surface area contributed by atoms with Crippen molar-refractivity contribution >= 4 is 5.91 Å². The molecule has 4 nitrogen and oxygen atoms in total. The van der Waals surface area contributed by atoms with Crippen LogP contribution in [0.5, 0.6) is 0 Å². The minimum absolute atomic E-state index is 0.0431. The quantitative estimate of drug-likeness (QED) is 0.818. The molecule has 2 rings (SSSR count). The number of benzene rings is 2. The first-order chi connectivity index (χ1) is 11.5. The summed E-state index contributed by atoms with van der Waals surface area (Å²) in [5.74, 6) is -0.576. The molecule has 0 saturated carbocycles. The molecular formula is C19H23FN2O2. The lowest BCUT2D eigenvalue weighted by Crippen LogP contribution is -2.45. The van der Waals surface area contributed by atoms with E-state index in [1.54, 1.807) is 6.07 Å². The fraction of sp³-hybridized carbons (Fsp3) is 0.316. The number of hydrogen-bond donors (Lipinski definition) is 2. The zero-order valence-corrected chi connectivity index (χ0v) is 13.9. The van der Waals surface area contributed by atoms with E-state index in [4.69, 9.17) is 0 Å². The molecule has 2 atom stereocenters. The van der Waals surface area contributed by atoms with Crippen molar-refractivity contribution in [3.05, 3.63) is 71.5 Å². The third-order valence-corrected chi connectivity index (χ3v) is 3.90. The summed E-state index contributed by atoms with van der Waals surface area (Å²) in [6.07, 6.45) is -0.361. The molecule has 2 aromatic rings. The number of aliphatic hydroxyl groups excluding tert-OH is 1. The van der Waals surface area contributed by atoms with Crippen molar-refractivity contribution in [2.75, 3.05) is 20.6 Å². The second-order valence-electron chi connectivity index (χ2n) is 5.99. The topological polar surface area (TPSA) is 52.6 Å². The fourth-order valence-corrected chi connectivity index (χ4v) is 2.49. The van der Waals surface area contributed by atoms with Crippen LogP contribution in [0.25, 0.3) is 0 Å². The van der Waals surface area contributed by atoms with E-state index in [1.165, 1.54) is 18.2 Å². The molecule has 0 fully saturated rings. The summed E-state index contributed by atoms with van der Waals surface area (Å²) in [6.45, 7) is 0.0431. The lowest BCUT2D eigenvalue weighted by atomic mass is 10.0. The summed E-state index contributed by atoms with van der Waals surface area (Å²) >= 11 is 0. The molecule has 0 bridgehead atoms. The summed E-state index contributed by atoms with van der Waals surface area (Å²) < 4.78 is 13.2. The van der Waals surface area contributed by atoms with Gasteiger partial charge in [-0.1, -0.05) is 42.5 Å². The molecule has 1 amide bonds. The molecule has 2 aromatic carbocycles. The number of nitrogens with one attached hydrogen (secondary N) is 1. The van der Waals surface area contributed by atoms with Gasteiger partial charge in [-0.3, -0.25) is 9.69 Å². The molecule has 0 radical (unpaired) electrons. The molecule has 24 heavy (non-hydrogen) atoms. The van der Waals surface area contributed by atoms with Crippen LogP contribution in [0.15, 0.2) is 54.6 Å². The number of hydrogen-bond acceptors (Lipinski definition) is 3. The van der Waals surface area contributed by atoms with Crippen molar-refractivity contribution in [2.45, 2.75) is 18.6 Å². The average Bonchev–Trinajstić information content (AvgIpc) is 2.58. The van der Waals surface area contributed by atoms with E-state index in [0.717, 1.165) is 5.56 Å². The van der Waals surface area contributed by atoms with Crippen LogP contribution in [0.2, 0.25) is 0 Å². The van der Waals surface area contributed by atoms with Crippen LogP contribution < -0.4 is 5.32 Å². The Morgan fingerprint density at radius 3 is 2.50 bits per heavy atom. The van der Waals surface area contributed by atoms with Gasteiger partial charge >= 0.3 is 0 Å². The lowest BCUT2D eigenvalue weighted by Gasteiger charge is -2.24. The van der Waals surface area contributed by atoms with E-state index in [1.807, 2.05) is 49.3 Å². The summed E-state index contributed by atoms with van der Waals surface area (Å²) in [5, 5.41) is 12.9. The third kappa shape index (κ3) is 5.15. The molecule has 0 unspecified atom stereocenters. The predicted octanol–water partition coefficient (Wildman–Crippen LogP) is 2.15.